The molecule has 3 aromatic rings. The average Bonchev–Trinajstić information content (AvgIpc) is 2.65. The summed E-state index contributed by atoms with van der Waals surface area (Å²) in [6, 6.07) is 34.2. The maximum atomic E-state index is 5.89. The Hall–Kier alpha value is -2.16. The molecule has 0 aromatic heterocycles. The van der Waals surface area contributed by atoms with Crippen LogP contribution in [0.25, 0.3) is 0 Å². The molecule has 3 aromatic carbocycles. The van der Waals surface area contributed by atoms with Crippen molar-refractivity contribution in [3.63, 3.8) is 0 Å². The minimum absolute atomic E-state index is 0.737. The Labute approximate surface area is 139 Å². The first-order chi connectivity index (χ1) is 11.4. The second kappa shape index (κ2) is 7.40. The summed E-state index contributed by atoms with van der Waals surface area (Å²) in [6.45, 7) is 0.737. The van der Waals surface area contributed by atoms with Crippen LogP contribution in [0.4, 0.5) is 0 Å². The van der Waals surface area contributed by atoms with Crippen molar-refractivity contribution in [2.75, 3.05) is 6.54 Å². The van der Waals surface area contributed by atoms with Crippen molar-refractivity contribution in [1.82, 2.24) is 0 Å². The van der Waals surface area contributed by atoms with Crippen LogP contribution in [-0.4, -0.2) is 14.6 Å². The van der Waals surface area contributed by atoms with Gasteiger partial charge in [0.2, 0.25) is 0 Å². The second-order valence-electron chi connectivity index (χ2n) is 5.90. The first-order valence-electron chi connectivity index (χ1n) is 8.24. The predicted molar refractivity (Wildman–Crippen MR) is 102 cm³/mol. The maximum Gasteiger partial charge on any atom is 0.148 e. The fourth-order valence-corrected chi connectivity index (χ4v) is 8.35. The maximum absolute atomic E-state index is 5.89. The molecule has 23 heavy (non-hydrogen) atoms. The van der Waals surface area contributed by atoms with Gasteiger partial charge in [-0.2, -0.15) is 0 Å². The summed E-state index contributed by atoms with van der Waals surface area (Å²) in [5.74, 6) is 0. The second-order valence-corrected chi connectivity index (χ2v) is 9.94. The van der Waals surface area contributed by atoms with Gasteiger partial charge in [-0.1, -0.05) is 91.0 Å². The molecular formula is C21H23NSi. The van der Waals surface area contributed by atoms with E-state index in [1.54, 1.807) is 0 Å². The van der Waals surface area contributed by atoms with Gasteiger partial charge in [-0.25, -0.2) is 0 Å². The van der Waals surface area contributed by atoms with Gasteiger partial charge >= 0.3 is 0 Å². The molecule has 0 saturated carbocycles. The van der Waals surface area contributed by atoms with Gasteiger partial charge in [-0.3, -0.25) is 0 Å². The Morgan fingerprint density at radius 1 is 0.565 bits per heavy atom. The molecule has 0 aliphatic carbocycles. The molecule has 0 radical (unpaired) electrons. The Bertz CT molecular complexity index is 614. The van der Waals surface area contributed by atoms with E-state index in [1.807, 2.05) is 0 Å². The van der Waals surface area contributed by atoms with Crippen molar-refractivity contribution in [2.24, 2.45) is 5.73 Å². The van der Waals surface area contributed by atoms with Gasteiger partial charge in [0.25, 0.3) is 0 Å². The molecule has 116 valence electrons. The van der Waals surface area contributed by atoms with E-state index < -0.39 is 8.07 Å². The van der Waals surface area contributed by atoms with Crippen LogP contribution in [-0.2, 0) is 0 Å². The van der Waals surface area contributed by atoms with Crippen molar-refractivity contribution >= 4 is 23.6 Å². The highest BCUT2D eigenvalue weighted by Crippen LogP contribution is 2.14. The summed E-state index contributed by atoms with van der Waals surface area (Å²) < 4.78 is 0. The van der Waals surface area contributed by atoms with Gasteiger partial charge in [0.05, 0.1) is 0 Å². The number of hydrogen-bond donors (Lipinski definition) is 1. The minimum Gasteiger partial charge on any atom is -0.330 e. The molecule has 0 aliphatic rings. The van der Waals surface area contributed by atoms with E-state index in [9.17, 15) is 0 Å². The summed E-state index contributed by atoms with van der Waals surface area (Å²) in [6.07, 6.45) is 1.05. The molecule has 0 unspecified atom stereocenters. The fourth-order valence-electron chi connectivity index (χ4n) is 3.47. The van der Waals surface area contributed by atoms with E-state index in [1.165, 1.54) is 15.6 Å². The molecule has 0 heterocycles. The number of hydrogen-bond acceptors (Lipinski definition) is 1. The molecule has 0 atom stereocenters. The third kappa shape index (κ3) is 3.14. The lowest BCUT2D eigenvalue weighted by atomic mass is 10.3. The van der Waals surface area contributed by atoms with Crippen LogP contribution in [0, 0.1) is 0 Å². The van der Waals surface area contributed by atoms with Gasteiger partial charge in [-0.15, -0.1) is 0 Å². The van der Waals surface area contributed by atoms with E-state index >= 15 is 0 Å². The normalized spacial score (nSPS) is 11.3. The van der Waals surface area contributed by atoms with Crippen molar-refractivity contribution < 1.29 is 0 Å². The van der Waals surface area contributed by atoms with Gasteiger partial charge in [0.1, 0.15) is 8.07 Å². The zero-order chi connectivity index (χ0) is 16.0. The molecule has 3 rings (SSSR count). The summed E-state index contributed by atoms with van der Waals surface area (Å²) in [5.41, 5.74) is 5.89. The van der Waals surface area contributed by atoms with Crippen LogP contribution in [0.1, 0.15) is 6.42 Å². The number of rotatable bonds is 6. The molecule has 2 N–H and O–H groups in total. The van der Waals surface area contributed by atoms with E-state index in [4.69, 9.17) is 5.73 Å². The highest BCUT2D eigenvalue weighted by atomic mass is 28.3. The zero-order valence-corrected chi connectivity index (χ0v) is 14.4. The fraction of sp³-hybridized carbons (Fsp3) is 0.143. The Balaban J connectivity index is 2.25. The third-order valence-corrected chi connectivity index (χ3v) is 9.62. The van der Waals surface area contributed by atoms with Crippen molar-refractivity contribution in [2.45, 2.75) is 12.5 Å². The van der Waals surface area contributed by atoms with Crippen LogP contribution in [0.5, 0.6) is 0 Å². The minimum atomic E-state index is -2.02. The molecule has 0 aliphatic heterocycles. The zero-order valence-electron chi connectivity index (χ0n) is 13.4. The van der Waals surface area contributed by atoms with Crippen LogP contribution in [0.3, 0.4) is 0 Å². The Morgan fingerprint density at radius 2 is 0.913 bits per heavy atom. The third-order valence-electron chi connectivity index (χ3n) is 4.56. The van der Waals surface area contributed by atoms with Crippen molar-refractivity contribution in [3.8, 4) is 0 Å². The Kier molecular flexibility index (Phi) is 5.06. The molecular weight excluding hydrogens is 294 g/mol. The van der Waals surface area contributed by atoms with Gasteiger partial charge in [0.15, 0.2) is 0 Å². The van der Waals surface area contributed by atoms with Crippen LogP contribution in [0.15, 0.2) is 91.0 Å². The van der Waals surface area contributed by atoms with E-state index in [0.717, 1.165) is 19.0 Å². The molecule has 0 spiro atoms. The largest absolute Gasteiger partial charge is 0.330 e. The highest BCUT2D eigenvalue weighted by Gasteiger charge is 2.38. The summed E-state index contributed by atoms with van der Waals surface area (Å²) in [4.78, 5) is 0. The first kappa shape index (κ1) is 15.7. The molecule has 2 heteroatoms. The van der Waals surface area contributed by atoms with Crippen molar-refractivity contribution in [1.29, 1.82) is 0 Å². The van der Waals surface area contributed by atoms with Gasteiger partial charge in [-0.05, 0) is 34.6 Å². The molecule has 0 saturated heterocycles. The first-order valence-corrected chi connectivity index (χ1v) is 10.5. The van der Waals surface area contributed by atoms with Crippen LogP contribution in [0.2, 0.25) is 6.04 Å². The predicted octanol–water partition coefficient (Wildman–Crippen LogP) is 2.51. The van der Waals surface area contributed by atoms with Crippen LogP contribution >= 0.6 is 0 Å². The Morgan fingerprint density at radius 3 is 1.22 bits per heavy atom. The summed E-state index contributed by atoms with van der Waals surface area (Å²) in [7, 11) is -2.02. The lowest BCUT2D eigenvalue weighted by molar-refractivity contribution is 0.919. The van der Waals surface area contributed by atoms with Crippen molar-refractivity contribution in [3.05, 3.63) is 91.0 Å². The standard InChI is InChI=1S/C21H23NSi/c22-17-10-18-23(19-11-4-1-5-12-19,20-13-6-2-7-14-20)21-15-8-3-9-16-21/h1-9,11-16H,10,17-18,22H2. The molecule has 0 fully saturated rings. The highest BCUT2D eigenvalue weighted by molar-refractivity contribution is 7.11. The molecule has 0 bridgehead atoms. The molecule has 1 nitrogen and oxygen atoms in total. The van der Waals surface area contributed by atoms with Gasteiger partial charge in [0, 0.05) is 0 Å². The van der Waals surface area contributed by atoms with Crippen LogP contribution < -0.4 is 21.3 Å². The quantitative estimate of drug-likeness (QED) is 0.549. The van der Waals surface area contributed by atoms with E-state index in [0.29, 0.717) is 0 Å². The number of nitrogens with two attached hydrogens (primary N) is 1. The molecule has 0 amide bonds. The lowest BCUT2D eigenvalue weighted by Gasteiger charge is -2.33. The topological polar surface area (TPSA) is 26.0 Å². The van der Waals surface area contributed by atoms with E-state index in [-0.39, 0.29) is 0 Å². The van der Waals surface area contributed by atoms with Gasteiger partial charge < -0.3 is 5.73 Å². The lowest BCUT2D eigenvalue weighted by Crippen LogP contribution is -2.67. The van der Waals surface area contributed by atoms with E-state index in [2.05, 4.69) is 91.0 Å². The monoisotopic (exact) mass is 317 g/mol. The SMILES string of the molecule is NCCC[Si](c1ccccc1)(c1ccccc1)c1ccccc1. The average molecular weight is 318 g/mol. The summed E-state index contributed by atoms with van der Waals surface area (Å²) in [5, 5.41) is 4.39. The smallest absolute Gasteiger partial charge is 0.148 e. The summed E-state index contributed by atoms with van der Waals surface area (Å²) >= 11 is 0. The number of benzene rings is 3.